The molecule has 0 aliphatic heterocycles. The van der Waals surface area contributed by atoms with Crippen molar-refractivity contribution in [1.82, 2.24) is 0 Å². The lowest BCUT2D eigenvalue weighted by atomic mass is 10.2. The smallest absolute Gasteiger partial charge is 0.310 e. The summed E-state index contributed by atoms with van der Waals surface area (Å²) in [5.41, 5.74) is 1.14. The maximum atomic E-state index is 11.2. The van der Waals surface area contributed by atoms with Crippen molar-refractivity contribution in [3.05, 3.63) is 29.8 Å². The average molecular weight is 249 g/mol. The monoisotopic (exact) mass is 248 g/mol. The lowest BCUT2D eigenvalue weighted by Crippen LogP contribution is -2.14. The van der Waals surface area contributed by atoms with E-state index in [0.717, 1.165) is 12.0 Å². The van der Waals surface area contributed by atoms with Crippen LogP contribution in [0.15, 0.2) is 24.3 Å². The van der Waals surface area contributed by atoms with Crippen LogP contribution < -0.4 is 4.18 Å². The minimum atomic E-state index is -3.54. The Kier molecular flexibility index (Phi) is 4.42. The number of benzene rings is 1. The van der Waals surface area contributed by atoms with Gasteiger partial charge in [0.15, 0.2) is 0 Å². The number of hydrogen-bond donors (Lipinski definition) is 0. The highest BCUT2D eigenvalue weighted by molar-refractivity contribution is 7.87. The summed E-state index contributed by atoms with van der Waals surface area (Å²) in [6, 6.07) is 6.96. The second-order valence-electron chi connectivity index (χ2n) is 3.03. The van der Waals surface area contributed by atoms with Gasteiger partial charge in [-0.3, -0.25) is 0 Å². The van der Waals surface area contributed by atoms with Crippen molar-refractivity contribution < 1.29 is 12.6 Å². The molecule has 5 heteroatoms. The number of rotatable bonds is 5. The number of hydrogen-bond acceptors (Lipinski definition) is 3. The Labute approximate surface area is 95.1 Å². The molecule has 0 fully saturated rings. The number of aryl methyl sites for hydroxylation is 1. The van der Waals surface area contributed by atoms with E-state index in [-0.39, 0.29) is 11.6 Å². The Balaban J connectivity index is 2.73. The molecule has 1 rings (SSSR count). The fraction of sp³-hybridized carbons (Fsp3) is 0.400. The van der Waals surface area contributed by atoms with E-state index in [4.69, 9.17) is 15.8 Å². The van der Waals surface area contributed by atoms with Crippen molar-refractivity contribution in [2.75, 3.05) is 11.6 Å². The van der Waals surface area contributed by atoms with Crippen molar-refractivity contribution >= 4 is 21.7 Å². The Bertz CT molecular complexity index is 397. The van der Waals surface area contributed by atoms with Crippen LogP contribution in [-0.2, 0) is 16.5 Å². The van der Waals surface area contributed by atoms with Gasteiger partial charge in [-0.05, 0) is 24.1 Å². The zero-order valence-electron chi connectivity index (χ0n) is 8.44. The minimum Gasteiger partial charge on any atom is -0.382 e. The van der Waals surface area contributed by atoms with E-state index in [1.165, 1.54) is 0 Å². The normalized spacial score (nSPS) is 11.3. The Morgan fingerprint density at radius 3 is 2.33 bits per heavy atom. The van der Waals surface area contributed by atoms with Crippen LogP contribution in [0.1, 0.15) is 12.5 Å². The van der Waals surface area contributed by atoms with Crippen molar-refractivity contribution in [2.45, 2.75) is 13.3 Å². The summed E-state index contributed by atoms with van der Waals surface area (Å²) in [5.74, 6) is 0.191. The van der Waals surface area contributed by atoms with Gasteiger partial charge in [-0.25, -0.2) is 0 Å². The first-order chi connectivity index (χ1) is 7.07. The SMILES string of the molecule is CCc1ccc(OS(=O)(=O)CCCl)cc1. The third-order valence-corrected chi connectivity index (χ3v) is 3.45. The van der Waals surface area contributed by atoms with Gasteiger partial charge in [0.25, 0.3) is 0 Å². The van der Waals surface area contributed by atoms with Gasteiger partial charge in [0.1, 0.15) is 5.75 Å². The van der Waals surface area contributed by atoms with E-state index in [1.54, 1.807) is 12.1 Å². The van der Waals surface area contributed by atoms with Gasteiger partial charge in [-0.2, -0.15) is 8.42 Å². The highest BCUT2D eigenvalue weighted by Gasteiger charge is 2.11. The summed E-state index contributed by atoms with van der Waals surface area (Å²) in [6.07, 6.45) is 0.911. The van der Waals surface area contributed by atoms with Gasteiger partial charge in [-0.1, -0.05) is 19.1 Å². The highest BCUT2D eigenvalue weighted by atomic mass is 35.5. The van der Waals surface area contributed by atoms with E-state index >= 15 is 0 Å². The zero-order chi connectivity index (χ0) is 11.3. The first-order valence-corrected chi connectivity index (χ1v) is 6.75. The lowest BCUT2D eigenvalue weighted by molar-refractivity contribution is 0.487. The molecule has 1 aromatic carbocycles. The zero-order valence-corrected chi connectivity index (χ0v) is 10.0. The molecule has 0 spiro atoms. The molecule has 0 atom stereocenters. The molecule has 0 aliphatic carbocycles. The van der Waals surface area contributed by atoms with Gasteiger partial charge in [0, 0.05) is 5.88 Å². The predicted octanol–water partition coefficient (Wildman–Crippen LogP) is 2.20. The highest BCUT2D eigenvalue weighted by Crippen LogP contribution is 2.14. The molecular weight excluding hydrogens is 236 g/mol. The lowest BCUT2D eigenvalue weighted by Gasteiger charge is -2.05. The topological polar surface area (TPSA) is 43.4 Å². The average Bonchev–Trinajstić information content (AvgIpc) is 2.18. The molecule has 0 aliphatic rings. The van der Waals surface area contributed by atoms with Crippen LogP contribution in [0, 0.1) is 0 Å². The summed E-state index contributed by atoms with van der Waals surface area (Å²) >= 11 is 5.34. The largest absolute Gasteiger partial charge is 0.382 e. The Morgan fingerprint density at radius 1 is 1.27 bits per heavy atom. The van der Waals surface area contributed by atoms with Crippen molar-refractivity contribution in [3.8, 4) is 5.75 Å². The van der Waals surface area contributed by atoms with E-state index in [0.29, 0.717) is 5.75 Å². The molecule has 1 aromatic rings. The maximum absolute atomic E-state index is 11.2. The van der Waals surface area contributed by atoms with Crippen LogP contribution in [-0.4, -0.2) is 20.1 Å². The third-order valence-electron chi connectivity index (χ3n) is 1.88. The van der Waals surface area contributed by atoms with Crippen LogP contribution in [0.5, 0.6) is 5.75 Å². The molecule has 0 N–H and O–H groups in total. The van der Waals surface area contributed by atoms with E-state index in [9.17, 15) is 8.42 Å². The van der Waals surface area contributed by atoms with Crippen LogP contribution in [0.4, 0.5) is 0 Å². The molecule has 0 radical (unpaired) electrons. The predicted molar refractivity (Wildman–Crippen MR) is 61.0 cm³/mol. The molecule has 0 amide bonds. The summed E-state index contributed by atoms with van der Waals surface area (Å²) in [6.45, 7) is 2.03. The van der Waals surface area contributed by atoms with Crippen LogP contribution in [0.25, 0.3) is 0 Å². The molecule has 84 valence electrons. The molecule has 0 saturated heterocycles. The van der Waals surface area contributed by atoms with Crippen molar-refractivity contribution in [1.29, 1.82) is 0 Å². The molecule has 0 bridgehead atoms. The quantitative estimate of drug-likeness (QED) is 0.593. The van der Waals surface area contributed by atoms with E-state index in [2.05, 4.69) is 0 Å². The Morgan fingerprint density at radius 2 is 1.87 bits per heavy atom. The second-order valence-corrected chi connectivity index (χ2v) is 5.10. The molecule has 0 saturated carbocycles. The van der Waals surface area contributed by atoms with Crippen LogP contribution in [0.3, 0.4) is 0 Å². The van der Waals surface area contributed by atoms with Gasteiger partial charge < -0.3 is 4.18 Å². The van der Waals surface area contributed by atoms with Crippen molar-refractivity contribution in [3.63, 3.8) is 0 Å². The van der Waals surface area contributed by atoms with E-state index in [1.807, 2.05) is 19.1 Å². The fourth-order valence-electron chi connectivity index (χ4n) is 1.06. The fourth-order valence-corrected chi connectivity index (χ4v) is 2.31. The Hall–Kier alpha value is -0.740. The molecule has 3 nitrogen and oxygen atoms in total. The molecule has 0 unspecified atom stereocenters. The molecular formula is C10H13ClO3S. The molecule has 0 heterocycles. The van der Waals surface area contributed by atoms with E-state index < -0.39 is 10.1 Å². The molecule has 15 heavy (non-hydrogen) atoms. The first kappa shape index (κ1) is 12.3. The number of halogens is 1. The summed E-state index contributed by atoms with van der Waals surface area (Å²) in [5, 5.41) is 0. The third kappa shape index (κ3) is 4.10. The maximum Gasteiger partial charge on any atom is 0.310 e. The van der Waals surface area contributed by atoms with Gasteiger partial charge in [0.05, 0.1) is 5.75 Å². The summed E-state index contributed by atoms with van der Waals surface area (Å²) in [7, 11) is -3.54. The second kappa shape index (κ2) is 5.37. The standard InChI is InChI=1S/C10H13ClO3S/c1-2-9-3-5-10(6-4-9)14-15(12,13)8-7-11/h3-6H,2,7-8H2,1H3. The van der Waals surface area contributed by atoms with Crippen molar-refractivity contribution in [2.24, 2.45) is 0 Å². The first-order valence-electron chi connectivity index (χ1n) is 4.64. The molecule has 0 aromatic heterocycles. The number of alkyl halides is 1. The van der Waals surface area contributed by atoms with Gasteiger partial charge >= 0.3 is 10.1 Å². The van der Waals surface area contributed by atoms with Gasteiger partial charge in [0.2, 0.25) is 0 Å². The van der Waals surface area contributed by atoms with Gasteiger partial charge in [-0.15, -0.1) is 11.6 Å². The summed E-state index contributed by atoms with van der Waals surface area (Å²) in [4.78, 5) is 0. The van der Waals surface area contributed by atoms with Crippen LogP contribution >= 0.6 is 11.6 Å². The minimum absolute atomic E-state index is 0.0371. The summed E-state index contributed by atoms with van der Waals surface area (Å²) < 4.78 is 27.3. The van der Waals surface area contributed by atoms with Crippen LogP contribution in [0.2, 0.25) is 0 Å².